The first-order chi connectivity index (χ1) is 8.75. The third-order valence-corrected chi connectivity index (χ3v) is 3.34. The van der Waals surface area contributed by atoms with Crippen LogP contribution in [-0.2, 0) is 12.8 Å². The summed E-state index contributed by atoms with van der Waals surface area (Å²) < 4.78 is 0. The molecular formula is C18H21. The van der Waals surface area contributed by atoms with Crippen molar-refractivity contribution in [2.75, 3.05) is 0 Å². The molecule has 2 rings (SSSR count). The van der Waals surface area contributed by atoms with Crippen molar-refractivity contribution in [2.45, 2.75) is 39.0 Å². The van der Waals surface area contributed by atoms with Gasteiger partial charge in [0.15, 0.2) is 0 Å². The Hall–Kier alpha value is -1.56. The molecule has 0 unspecified atom stereocenters. The fourth-order valence-electron chi connectivity index (χ4n) is 2.19. The Morgan fingerprint density at radius 3 is 2.39 bits per heavy atom. The van der Waals surface area contributed by atoms with E-state index in [-0.39, 0.29) is 0 Å². The molecule has 0 aromatic heterocycles. The van der Waals surface area contributed by atoms with Crippen LogP contribution in [0, 0.1) is 6.07 Å². The highest BCUT2D eigenvalue weighted by molar-refractivity contribution is 5.26. The van der Waals surface area contributed by atoms with Gasteiger partial charge in [0.25, 0.3) is 0 Å². The maximum absolute atomic E-state index is 3.06. The lowest BCUT2D eigenvalue weighted by Crippen LogP contribution is -1.93. The van der Waals surface area contributed by atoms with Crippen molar-refractivity contribution in [1.82, 2.24) is 0 Å². The molecule has 0 heterocycles. The van der Waals surface area contributed by atoms with Crippen molar-refractivity contribution in [3.8, 4) is 0 Å². The minimum Gasteiger partial charge on any atom is -0.0617 e. The molecule has 2 aromatic carbocycles. The first-order valence-electron chi connectivity index (χ1n) is 6.79. The summed E-state index contributed by atoms with van der Waals surface area (Å²) in [4.78, 5) is 0. The maximum atomic E-state index is 3.06. The van der Waals surface area contributed by atoms with Crippen LogP contribution in [0.2, 0.25) is 0 Å². The molecule has 0 N–H and O–H groups in total. The van der Waals surface area contributed by atoms with Crippen molar-refractivity contribution in [3.63, 3.8) is 0 Å². The molecule has 0 fully saturated rings. The molecule has 1 radical (unpaired) electrons. The summed E-state index contributed by atoms with van der Waals surface area (Å²) in [6, 6.07) is 20.4. The first-order valence-corrected chi connectivity index (χ1v) is 6.79. The number of rotatable bonds is 5. The van der Waals surface area contributed by atoms with Crippen LogP contribution < -0.4 is 0 Å². The number of hydrogen-bond donors (Lipinski definition) is 0. The molecule has 0 aliphatic heterocycles. The molecule has 0 amide bonds. The van der Waals surface area contributed by atoms with Crippen LogP contribution >= 0.6 is 0 Å². The zero-order chi connectivity index (χ0) is 12.8. The maximum Gasteiger partial charge on any atom is -0.0184 e. The monoisotopic (exact) mass is 237 g/mol. The zero-order valence-electron chi connectivity index (χ0n) is 11.3. The van der Waals surface area contributed by atoms with Crippen LogP contribution in [0.5, 0.6) is 0 Å². The van der Waals surface area contributed by atoms with Gasteiger partial charge >= 0.3 is 0 Å². The molecule has 0 saturated carbocycles. The fourth-order valence-corrected chi connectivity index (χ4v) is 2.19. The van der Waals surface area contributed by atoms with E-state index in [0.717, 1.165) is 6.42 Å². The van der Waals surface area contributed by atoms with Crippen LogP contribution in [0.3, 0.4) is 0 Å². The Morgan fingerprint density at radius 1 is 0.944 bits per heavy atom. The summed E-state index contributed by atoms with van der Waals surface area (Å²) in [5.74, 6) is 0.620. The minimum atomic E-state index is 0.620. The van der Waals surface area contributed by atoms with Crippen LogP contribution in [0.1, 0.15) is 42.9 Å². The third kappa shape index (κ3) is 3.73. The minimum absolute atomic E-state index is 0.620. The zero-order valence-corrected chi connectivity index (χ0v) is 11.3. The van der Waals surface area contributed by atoms with Gasteiger partial charge in [0.2, 0.25) is 0 Å². The topological polar surface area (TPSA) is 0 Å². The SMILES string of the molecule is CC(C)c1cccc(CCCc2cc[c]cc2)c1. The highest BCUT2D eigenvalue weighted by Crippen LogP contribution is 2.17. The molecule has 0 aliphatic carbocycles. The summed E-state index contributed by atoms with van der Waals surface area (Å²) in [6.45, 7) is 4.50. The Kier molecular flexibility index (Phi) is 4.58. The van der Waals surface area contributed by atoms with Crippen molar-refractivity contribution < 1.29 is 0 Å². The van der Waals surface area contributed by atoms with E-state index in [1.54, 1.807) is 0 Å². The molecule has 93 valence electrons. The standard InChI is InChI=1S/C18H21/c1-15(2)18-13-7-12-17(14-18)11-6-10-16-8-4-3-5-9-16/h4-5,7-9,12-15H,6,10-11H2,1-2H3. The van der Waals surface area contributed by atoms with E-state index in [1.807, 2.05) is 12.1 Å². The molecule has 0 nitrogen and oxygen atoms in total. The van der Waals surface area contributed by atoms with Gasteiger partial charge in [-0.3, -0.25) is 0 Å². The summed E-state index contributed by atoms with van der Waals surface area (Å²) in [7, 11) is 0. The van der Waals surface area contributed by atoms with E-state index >= 15 is 0 Å². The van der Waals surface area contributed by atoms with Gasteiger partial charge in [0.1, 0.15) is 0 Å². The lowest BCUT2D eigenvalue weighted by Gasteiger charge is -2.08. The molecule has 0 spiro atoms. The lowest BCUT2D eigenvalue weighted by atomic mass is 9.98. The Labute approximate surface area is 111 Å². The van der Waals surface area contributed by atoms with Gasteiger partial charge in [-0.15, -0.1) is 0 Å². The first kappa shape index (κ1) is 12.9. The van der Waals surface area contributed by atoms with Crippen molar-refractivity contribution in [3.05, 3.63) is 71.3 Å². The predicted octanol–water partition coefficient (Wildman–Crippen LogP) is 4.79. The van der Waals surface area contributed by atoms with Gasteiger partial charge in [-0.2, -0.15) is 0 Å². The fraction of sp³-hybridized carbons (Fsp3) is 0.333. The summed E-state index contributed by atoms with van der Waals surface area (Å²) in [5.41, 5.74) is 4.32. The van der Waals surface area contributed by atoms with Crippen LogP contribution in [0.15, 0.2) is 48.5 Å². The quantitative estimate of drug-likeness (QED) is 0.701. The highest BCUT2D eigenvalue weighted by atomic mass is 14.1. The second kappa shape index (κ2) is 6.39. The van der Waals surface area contributed by atoms with Crippen molar-refractivity contribution in [2.24, 2.45) is 0 Å². The molecule has 0 saturated heterocycles. The van der Waals surface area contributed by atoms with E-state index in [4.69, 9.17) is 0 Å². The van der Waals surface area contributed by atoms with Gasteiger partial charge in [-0.25, -0.2) is 0 Å². The number of benzene rings is 2. The molecule has 18 heavy (non-hydrogen) atoms. The van der Waals surface area contributed by atoms with Gasteiger partial charge in [0, 0.05) is 0 Å². The second-order valence-electron chi connectivity index (χ2n) is 5.16. The van der Waals surface area contributed by atoms with E-state index in [9.17, 15) is 0 Å². The Balaban J connectivity index is 1.89. The van der Waals surface area contributed by atoms with Gasteiger partial charge in [0.05, 0.1) is 0 Å². The van der Waals surface area contributed by atoms with E-state index < -0.39 is 0 Å². The van der Waals surface area contributed by atoms with Gasteiger partial charge in [-0.05, 0) is 47.9 Å². The molecule has 2 aromatic rings. The number of hydrogen-bond acceptors (Lipinski definition) is 0. The lowest BCUT2D eigenvalue weighted by molar-refractivity contribution is 0.811. The second-order valence-corrected chi connectivity index (χ2v) is 5.16. The summed E-state index contributed by atoms with van der Waals surface area (Å²) >= 11 is 0. The number of aryl methyl sites for hydroxylation is 2. The Bertz CT molecular complexity index is 468. The average molecular weight is 237 g/mol. The van der Waals surface area contributed by atoms with E-state index in [0.29, 0.717) is 5.92 Å². The van der Waals surface area contributed by atoms with Crippen LogP contribution in [0.25, 0.3) is 0 Å². The van der Waals surface area contributed by atoms with E-state index in [2.05, 4.69) is 56.3 Å². The van der Waals surface area contributed by atoms with E-state index in [1.165, 1.54) is 29.5 Å². The molecule has 0 heteroatoms. The van der Waals surface area contributed by atoms with Crippen molar-refractivity contribution in [1.29, 1.82) is 0 Å². The smallest absolute Gasteiger partial charge is 0.0184 e. The van der Waals surface area contributed by atoms with Crippen molar-refractivity contribution >= 4 is 0 Å². The third-order valence-electron chi connectivity index (χ3n) is 3.34. The largest absolute Gasteiger partial charge is 0.0617 e. The van der Waals surface area contributed by atoms with Crippen LogP contribution in [0.4, 0.5) is 0 Å². The van der Waals surface area contributed by atoms with Gasteiger partial charge in [-0.1, -0.05) is 62.4 Å². The molecule has 0 bridgehead atoms. The Morgan fingerprint density at radius 2 is 1.67 bits per heavy atom. The van der Waals surface area contributed by atoms with Gasteiger partial charge < -0.3 is 0 Å². The molecular weight excluding hydrogens is 216 g/mol. The summed E-state index contributed by atoms with van der Waals surface area (Å²) in [6.07, 6.45) is 3.53. The van der Waals surface area contributed by atoms with Crippen LogP contribution in [-0.4, -0.2) is 0 Å². The molecule has 0 aliphatic rings. The molecule has 0 atom stereocenters. The normalized spacial score (nSPS) is 10.8. The predicted molar refractivity (Wildman–Crippen MR) is 77.8 cm³/mol. The average Bonchev–Trinajstić information content (AvgIpc) is 2.40. The highest BCUT2D eigenvalue weighted by Gasteiger charge is 2.00. The summed E-state index contributed by atoms with van der Waals surface area (Å²) in [5, 5.41) is 0.